The molecule has 2 rings (SSSR count). The van der Waals surface area contributed by atoms with Crippen molar-refractivity contribution in [3.8, 4) is 0 Å². The maximum absolute atomic E-state index is 12.9. The molecule has 2 aromatic carbocycles. The molecule has 6 nitrogen and oxygen atoms in total. The molecule has 0 radical (unpaired) electrons. The van der Waals surface area contributed by atoms with Crippen molar-refractivity contribution >= 4 is 17.7 Å². The number of non-ortho nitro benzene ring substituents is 1. The lowest BCUT2D eigenvalue weighted by atomic mass is 10.0. The second-order valence-corrected chi connectivity index (χ2v) is 5.48. The SMILES string of the molecule is CC(NC(=O)/C=C/c1cccc([N+](=O)[O-])c1)C(O)c1ccc(F)cc1. The van der Waals surface area contributed by atoms with Gasteiger partial charge in [0, 0.05) is 18.2 Å². The van der Waals surface area contributed by atoms with Crippen LogP contribution in [0.4, 0.5) is 10.1 Å². The van der Waals surface area contributed by atoms with Gasteiger partial charge < -0.3 is 10.4 Å². The molecule has 0 aromatic heterocycles. The summed E-state index contributed by atoms with van der Waals surface area (Å²) >= 11 is 0. The molecule has 0 fully saturated rings. The molecule has 7 heteroatoms. The van der Waals surface area contributed by atoms with Crippen molar-refractivity contribution in [2.24, 2.45) is 0 Å². The Labute approximate surface area is 143 Å². The third-order valence-corrected chi connectivity index (χ3v) is 3.56. The molecule has 25 heavy (non-hydrogen) atoms. The molecule has 0 spiro atoms. The summed E-state index contributed by atoms with van der Waals surface area (Å²) in [6.45, 7) is 1.62. The van der Waals surface area contributed by atoms with Crippen LogP contribution in [-0.4, -0.2) is 22.0 Å². The number of halogens is 1. The summed E-state index contributed by atoms with van der Waals surface area (Å²) in [6.07, 6.45) is 1.68. The van der Waals surface area contributed by atoms with E-state index >= 15 is 0 Å². The maximum Gasteiger partial charge on any atom is 0.270 e. The van der Waals surface area contributed by atoms with Crippen molar-refractivity contribution in [2.75, 3.05) is 0 Å². The van der Waals surface area contributed by atoms with E-state index in [2.05, 4.69) is 5.32 Å². The topological polar surface area (TPSA) is 92.5 Å². The van der Waals surface area contributed by atoms with Gasteiger partial charge in [-0.1, -0.05) is 24.3 Å². The summed E-state index contributed by atoms with van der Waals surface area (Å²) < 4.78 is 12.9. The Kier molecular flexibility index (Phi) is 5.97. The van der Waals surface area contributed by atoms with Gasteiger partial charge in [-0.3, -0.25) is 14.9 Å². The fourth-order valence-electron chi connectivity index (χ4n) is 2.21. The number of hydrogen-bond donors (Lipinski definition) is 2. The zero-order valence-electron chi connectivity index (χ0n) is 13.4. The average Bonchev–Trinajstić information content (AvgIpc) is 2.60. The van der Waals surface area contributed by atoms with E-state index in [4.69, 9.17) is 0 Å². The van der Waals surface area contributed by atoms with Crippen molar-refractivity contribution in [3.63, 3.8) is 0 Å². The van der Waals surface area contributed by atoms with Crippen LogP contribution in [0, 0.1) is 15.9 Å². The number of aliphatic hydroxyl groups is 1. The van der Waals surface area contributed by atoms with Gasteiger partial charge in [0.15, 0.2) is 0 Å². The van der Waals surface area contributed by atoms with Gasteiger partial charge in [0.25, 0.3) is 5.69 Å². The molecule has 0 bridgehead atoms. The summed E-state index contributed by atoms with van der Waals surface area (Å²) in [5, 5.41) is 23.5. The van der Waals surface area contributed by atoms with Gasteiger partial charge in [-0.15, -0.1) is 0 Å². The lowest BCUT2D eigenvalue weighted by molar-refractivity contribution is -0.384. The highest BCUT2D eigenvalue weighted by Crippen LogP contribution is 2.17. The Morgan fingerprint density at radius 2 is 1.96 bits per heavy atom. The van der Waals surface area contributed by atoms with Gasteiger partial charge in [-0.05, 0) is 36.3 Å². The molecule has 0 saturated heterocycles. The summed E-state index contributed by atoms with van der Waals surface area (Å²) in [5.41, 5.74) is 0.926. The first-order valence-corrected chi connectivity index (χ1v) is 7.53. The number of benzene rings is 2. The number of rotatable bonds is 6. The molecule has 2 N–H and O–H groups in total. The monoisotopic (exact) mass is 344 g/mol. The molecular weight excluding hydrogens is 327 g/mol. The predicted molar refractivity (Wildman–Crippen MR) is 91.1 cm³/mol. The van der Waals surface area contributed by atoms with Crippen LogP contribution >= 0.6 is 0 Å². The Bertz CT molecular complexity index is 790. The number of nitro groups is 1. The van der Waals surface area contributed by atoms with Crippen molar-refractivity contribution in [3.05, 3.63) is 81.7 Å². The Morgan fingerprint density at radius 1 is 1.28 bits per heavy atom. The number of aliphatic hydroxyl groups excluding tert-OH is 1. The summed E-state index contributed by atoms with van der Waals surface area (Å²) in [4.78, 5) is 22.1. The predicted octanol–water partition coefficient (Wildman–Crippen LogP) is 2.99. The minimum atomic E-state index is -0.990. The number of nitrogens with zero attached hydrogens (tertiary/aromatic N) is 1. The summed E-state index contributed by atoms with van der Waals surface area (Å²) in [7, 11) is 0. The van der Waals surface area contributed by atoms with E-state index in [9.17, 15) is 24.4 Å². The van der Waals surface area contributed by atoms with Crippen LogP contribution in [0.2, 0.25) is 0 Å². The van der Waals surface area contributed by atoms with E-state index in [1.807, 2.05) is 0 Å². The Morgan fingerprint density at radius 3 is 2.60 bits per heavy atom. The first-order valence-electron chi connectivity index (χ1n) is 7.53. The van der Waals surface area contributed by atoms with E-state index in [0.29, 0.717) is 11.1 Å². The smallest absolute Gasteiger partial charge is 0.270 e. The molecule has 2 aromatic rings. The molecule has 130 valence electrons. The van der Waals surface area contributed by atoms with E-state index < -0.39 is 28.8 Å². The molecule has 2 atom stereocenters. The molecular formula is C18H17FN2O4. The molecule has 2 unspecified atom stereocenters. The van der Waals surface area contributed by atoms with Crippen molar-refractivity contribution in [1.82, 2.24) is 5.32 Å². The number of carbonyl (C=O) groups excluding carboxylic acids is 1. The van der Waals surface area contributed by atoms with E-state index in [-0.39, 0.29) is 5.69 Å². The number of carbonyl (C=O) groups is 1. The molecule has 0 aliphatic carbocycles. The normalized spacial score (nSPS) is 13.4. The summed E-state index contributed by atoms with van der Waals surface area (Å²) in [6, 6.07) is 10.6. The zero-order chi connectivity index (χ0) is 18.4. The highest BCUT2D eigenvalue weighted by molar-refractivity contribution is 5.92. The minimum Gasteiger partial charge on any atom is -0.386 e. The highest BCUT2D eigenvalue weighted by Gasteiger charge is 2.17. The van der Waals surface area contributed by atoms with Crippen LogP contribution in [0.1, 0.15) is 24.2 Å². The number of nitro benzene ring substituents is 1. The van der Waals surface area contributed by atoms with Crippen molar-refractivity contribution < 1.29 is 19.2 Å². The summed E-state index contributed by atoms with van der Waals surface area (Å²) in [5.74, 6) is -0.868. The Balaban J connectivity index is 1.98. The molecule has 0 heterocycles. The van der Waals surface area contributed by atoms with Gasteiger partial charge in [0.1, 0.15) is 5.82 Å². The number of amides is 1. The van der Waals surface area contributed by atoms with Gasteiger partial charge in [-0.25, -0.2) is 4.39 Å². The minimum absolute atomic E-state index is 0.0670. The van der Waals surface area contributed by atoms with Crippen LogP contribution in [0.3, 0.4) is 0 Å². The third-order valence-electron chi connectivity index (χ3n) is 3.56. The highest BCUT2D eigenvalue weighted by atomic mass is 19.1. The molecule has 0 saturated carbocycles. The van der Waals surface area contributed by atoms with Crippen LogP contribution < -0.4 is 5.32 Å². The first kappa shape index (κ1) is 18.3. The number of nitrogens with one attached hydrogen (secondary N) is 1. The lowest BCUT2D eigenvalue weighted by Crippen LogP contribution is -2.36. The second-order valence-electron chi connectivity index (χ2n) is 5.48. The van der Waals surface area contributed by atoms with Crippen LogP contribution in [0.15, 0.2) is 54.6 Å². The Hall–Kier alpha value is -3.06. The number of hydrogen-bond acceptors (Lipinski definition) is 4. The van der Waals surface area contributed by atoms with Gasteiger partial charge in [0.2, 0.25) is 5.91 Å². The van der Waals surface area contributed by atoms with Crippen molar-refractivity contribution in [2.45, 2.75) is 19.1 Å². The third kappa shape index (κ3) is 5.22. The zero-order valence-corrected chi connectivity index (χ0v) is 13.4. The van der Waals surface area contributed by atoms with Gasteiger partial charge in [0.05, 0.1) is 17.1 Å². The first-order chi connectivity index (χ1) is 11.9. The average molecular weight is 344 g/mol. The van der Waals surface area contributed by atoms with E-state index in [0.717, 1.165) is 0 Å². The van der Waals surface area contributed by atoms with Crippen LogP contribution in [0.5, 0.6) is 0 Å². The standard InChI is InChI=1S/C18H17FN2O4/c1-12(18(23)14-6-8-15(19)9-7-14)20-17(22)10-5-13-3-2-4-16(11-13)21(24)25/h2-12,18,23H,1H3,(H,20,22)/b10-5+. The van der Waals surface area contributed by atoms with Crippen LogP contribution in [0.25, 0.3) is 6.08 Å². The van der Waals surface area contributed by atoms with Gasteiger partial charge >= 0.3 is 0 Å². The van der Waals surface area contributed by atoms with E-state index in [1.165, 1.54) is 54.6 Å². The van der Waals surface area contributed by atoms with E-state index in [1.54, 1.807) is 13.0 Å². The lowest BCUT2D eigenvalue weighted by Gasteiger charge is -2.19. The van der Waals surface area contributed by atoms with Crippen molar-refractivity contribution in [1.29, 1.82) is 0 Å². The fraction of sp³-hybridized carbons (Fsp3) is 0.167. The largest absolute Gasteiger partial charge is 0.386 e. The quantitative estimate of drug-likeness (QED) is 0.479. The van der Waals surface area contributed by atoms with Crippen LogP contribution in [-0.2, 0) is 4.79 Å². The molecule has 0 aliphatic rings. The second kappa shape index (κ2) is 8.16. The molecule has 0 aliphatic heterocycles. The fourth-order valence-corrected chi connectivity index (χ4v) is 2.21. The van der Waals surface area contributed by atoms with Gasteiger partial charge in [-0.2, -0.15) is 0 Å². The maximum atomic E-state index is 12.9. The molecule has 1 amide bonds.